The molecule has 5 aliphatic carbocycles. The lowest BCUT2D eigenvalue weighted by Crippen LogP contribution is -2.55. The van der Waals surface area contributed by atoms with Gasteiger partial charge in [-0.1, -0.05) is 103 Å². The Labute approximate surface area is 269 Å². The second-order valence-corrected chi connectivity index (χ2v) is 13.9. The van der Waals surface area contributed by atoms with Gasteiger partial charge in [-0.05, 0) is 95.2 Å². The number of hydrogen-bond acceptors (Lipinski definition) is 4. The molecule has 0 aliphatic heterocycles. The third kappa shape index (κ3) is 3.79. The van der Waals surface area contributed by atoms with Crippen molar-refractivity contribution in [1.29, 1.82) is 0 Å². The summed E-state index contributed by atoms with van der Waals surface area (Å²) in [5.41, 5.74) is 11.1. The molecule has 46 heavy (non-hydrogen) atoms. The Hall–Kier alpha value is -4.96. The zero-order chi connectivity index (χ0) is 30.2. The van der Waals surface area contributed by atoms with Crippen LogP contribution in [-0.4, -0.2) is 19.9 Å². The molecule has 4 heteroatoms. The van der Waals surface area contributed by atoms with Gasteiger partial charge >= 0.3 is 0 Å². The number of benzene rings is 4. The smallest absolute Gasteiger partial charge is 0.164 e. The van der Waals surface area contributed by atoms with Crippen molar-refractivity contribution < 1.29 is 0 Å². The van der Waals surface area contributed by atoms with Crippen molar-refractivity contribution in [1.82, 2.24) is 19.9 Å². The molecule has 2 aromatic heterocycles. The standard InChI is InChI=1S/C42H34N4/c1-3-8-28(9-4-1)29-14-16-31(17-15-29)40-44-39(30-10-5-2-6-11-30)45-41(46-40)36-13-7-12-35-34-18-19-43-25-37(34)42(38(35)36)32-21-26-20-27(23-32)24-33(42)22-26/h1-19,25-27,32-33H,20-24H2. The first-order valence-corrected chi connectivity index (χ1v) is 16.8. The van der Waals surface area contributed by atoms with Gasteiger partial charge in [0, 0.05) is 34.5 Å². The van der Waals surface area contributed by atoms with Gasteiger partial charge in [0.1, 0.15) is 0 Å². The molecule has 0 N–H and O–H groups in total. The van der Waals surface area contributed by atoms with Gasteiger partial charge in [0.25, 0.3) is 0 Å². The van der Waals surface area contributed by atoms with Crippen LogP contribution < -0.4 is 0 Å². The molecule has 5 aliphatic rings. The minimum Gasteiger partial charge on any atom is -0.264 e. The topological polar surface area (TPSA) is 51.6 Å². The van der Waals surface area contributed by atoms with Crippen molar-refractivity contribution in [3.63, 3.8) is 0 Å². The van der Waals surface area contributed by atoms with E-state index in [4.69, 9.17) is 19.9 Å². The first-order valence-electron chi connectivity index (χ1n) is 16.8. The van der Waals surface area contributed by atoms with Gasteiger partial charge in [0.2, 0.25) is 0 Å². The van der Waals surface area contributed by atoms with Crippen molar-refractivity contribution in [2.24, 2.45) is 23.7 Å². The van der Waals surface area contributed by atoms with Crippen LogP contribution in [0.25, 0.3) is 56.4 Å². The summed E-state index contributed by atoms with van der Waals surface area (Å²) < 4.78 is 0. The fourth-order valence-electron chi connectivity index (χ4n) is 10.1. The Balaban J connectivity index is 1.18. The van der Waals surface area contributed by atoms with Gasteiger partial charge in [-0.25, -0.2) is 15.0 Å². The van der Waals surface area contributed by atoms with E-state index in [1.807, 2.05) is 12.3 Å². The van der Waals surface area contributed by atoms with Crippen molar-refractivity contribution >= 4 is 0 Å². The number of aromatic nitrogens is 4. The normalized spacial score (nSPS) is 25.0. The van der Waals surface area contributed by atoms with Crippen LogP contribution in [0.2, 0.25) is 0 Å². The van der Waals surface area contributed by atoms with E-state index in [9.17, 15) is 0 Å². The van der Waals surface area contributed by atoms with Gasteiger partial charge in [-0.2, -0.15) is 0 Å². The van der Waals surface area contributed by atoms with Crippen molar-refractivity contribution in [3.8, 4) is 56.4 Å². The minimum atomic E-state index is -0.0278. The summed E-state index contributed by atoms with van der Waals surface area (Å²) in [7, 11) is 0. The van der Waals surface area contributed by atoms with E-state index < -0.39 is 0 Å². The molecule has 4 aromatic carbocycles. The average molecular weight is 595 g/mol. The van der Waals surface area contributed by atoms with Crippen LogP contribution in [0.1, 0.15) is 43.2 Å². The summed E-state index contributed by atoms with van der Waals surface area (Å²) in [6.07, 6.45) is 10.9. The average Bonchev–Trinajstić information content (AvgIpc) is 3.42. The van der Waals surface area contributed by atoms with Crippen molar-refractivity contribution in [2.75, 3.05) is 0 Å². The summed E-state index contributed by atoms with van der Waals surface area (Å²) in [6, 6.07) is 38.5. The van der Waals surface area contributed by atoms with Crippen LogP contribution in [0, 0.1) is 23.7 Å². The molecule has 2 heterocycles. The Kier molecular flexibility index (Phi) is 5.72. The number of pyridine rings is 1. The Morgan fingerprint density at radius 3 is 1.67 bits per heavy atom. The van der Waals surface area contributed by atoms with E-state index in [-0.39, 0.29) is 5.41 Å². The first-order chi connectivity index (χ1) is 22.8. The highest BCUT2D eigenvalue weighted by atomic mass is 15.0. The largest absolute Gasteiger partial charge is 0.264 e. The monoisotopic (exact) mass is 594 g/mol. The number of hydrogen-bond donors (Lipinski definition) is 0. The van der Waals surface area contributed by atoms with Gasteiger partial charge in [-0.3, -0.25) is 4.98 Å². The lowest BCUT2D eigenvalue weighted by Gasteiger charge is -2.61. The highest BCUT2D eigenvalue weighted by molar-refractivity contribution is 5.88. The second-order valence-electron chi connectivity index (χ2n) is 13.9. The fraction of sp³-hybridized carbons (Fsp3) is 0.238. The van der Waals surface area contributed by atoms with Crippen molar-refractivity contribution in [3.05, 3.63) is 133 Å². The lowest BCUT2D eigenvalue weighted by atomic mass is 9.43. The van der Waals surface area contributed by atoms with E-state index in [2.05, 4.69) is 109 Å². The predicted octanol–water partition coefficient (Wildman–Crippen LogP) is 9.66. The van der Waals surface area contributed by atoms with Gasteiger partial charge in [0.15, 0.2) is 17.5 Å². The molecule has 6 aromatic rings. The summed E-state index contributed by atoms with van der Waals surface area (Å²) in [4.78, 5) is 20.4. The zero-order valence-corrected chi connectivity index (χ0v) is 25.7. The maximum Gasteiger partial charge on any atom is 0.164 e. The summed E-state index contributed by atoms with van der Waals surface area (Å²) in [5, 5.41) is 0. The molecule has 11 rings (SSSR count). The van der Waals surface area contributed by atoms with E-state index >= 15 is 0 Å². The Morgan fingerprint density at radius 2 is 1.00 bits per heavy atom. The van der Waals surface area contributed by atoms with Crippen LogP contribution in [-0.2, 0) is 5.41 Å². The molecule has 4 saturated carbocycles. The maximum absolute atomic E-state index is 5.30. The molecule has 0 saturated heterocycles. The molecule has 4 bridgehead atoms. The predicted molar refractivity (Wildman–Crippen MR) is 183 cm³/mol. The molecule has 4 nitrogen and oxygen atoms in total. The van der Waals surface area contributed by atoms with E-state index in [1.165, 1.54) is 65.5 Å². The molecule has 0 amide bonds. The fourth-order valence-corrected chi connectivity index (χ4v) is 10.1. The van der Waals surface area contributed by atoms with E-state index in [1.54, 1.807) is 0 Å². The maximum atomic E-state index is 5.30. The van der Waals surface area contributed by atoms with Gasteiger partial charge in [-0.15, -0.1) is 0 Å². The molecule has 222 valence electrons. The molecule has 0 unspecified atom stereocenters. The van der Waals surface area contributed by atoms with Gasteiger partial charge < -0.3 is 0 Å². The summed E-state index contributed by atoms with van der Waals surface area (Å²) in [6.45, 7) is 0. The van der Waals surface area contributed by atoms with Crippen LogP contribution >= 0.6 is 0 Å². The number of rotatable bonds is 4. The Morgan fingerprint density at radius 1 is 0.457 bits per heavy atom. The second kappa shape index (κ2) is 10.0. The SMILES string of the molecule is c1ccc(-c2ccc(-c3nc(-c4ccccc4)nc(-c4cccc5c4C4(c6cnccc6-5)C5CC6CC(C5)CC4C6)n3)cc2)cc1. The van der Waals surface area contributed by atoms with E-state index in [0.29, 0.717) is 23.5 Å². The van der Waals surface area contributed by atoms with Crippen molar-refractivity contribution in [2.45, 2.75) is 37.5 Å². The molecule has 0 radical (unpaired) electrons. The molecule has 4 fully saturated rings. The molecule has 0 atom stereocenters. The highest BCUT2D eigenvalue weighted by Crippen LogP contribution is 2.70. The third-order valence-electron chi connectivity index (χ3n) is 11.6. The number of nitrogens with zero attached hydrogens (tertiary/aromatic N) is 4. The highest BCUT2D eigenvalue weighted by Gasteiger charge is 2.62. The third-order valence-corrected chi connectivity index (χ3v) is 11.6. The minimum absolute atomic E-state index is 0.0278. The summed E-state index contributed by atoms with van der Waals surface area (Å²) in [5.74, 6) is 5.19. The summed E-state index contributed by atoms with van der Waals surface area (Å²) >= 11 is 0. The number of fused-ring (bicyclic) bond motifs is 3. The quantitative estimate of drug-likeness (QED) is 0.204. The van der Waals surface area contributed by atoms with Gasteiger partial charge in [0.05, 0.1) is 0 Å². The Bertz CT molecular complexity index is 2070. The lowest BCUT2D eigenvalue weighted by molar-refractivity contribution is -0.0398. The molecular weight excluding hydrogens is 560 g/mol. The molecule has 1 spiro atoms. The van der Waals surface area contributed by atoms with Crippen LogP contribution in [0.3, 0.4) is 0 Å². The van der Waals surface area contributed by atoms with Crippen LogP contribution in [0.4, 0.5) is 0 Å². The van der Waals surface area contributed by atoms with Crippen LogP contribution in [0.5, 0.6) is 0 Å². The zero-order valence-electron chi connectivity index (χ0n) is 25.7. The first kappa shape index (κ1) is 26.3. The van der Waals surface area contributed by atoms with E-state index in [0.717, 1.165) is 34.4 Å². The van der Waals surface area contributed by atoms with Crippen LogP contribution in [0.15, 0.2) is 122 Å². The molecular formula is C42H34N4.